The lowest BCUT2D eigenvalue weighted by Gasteiger charge is -2.12. The molecule has 1 saturated heterocycles. The maximum absolute atomic E-state index is 12.9. The second kappa shape index (κ2) is 7.14. The first kappa shape index (κ1) is 19.0. The van der Waals surface area contributed by atoms with Crippen LogP contribution in [0.5, 0.6) is 0 Å². The lowest BCUT2D eigenvalue weighted by Crippen LogP contribution is -2.33. The van der Waals surface area contributed by atoms with E-state index < -0.39 is 8.16 Å². The largest absolute Gasteiger partial charge is 0.404 e. The van der Waals surface area contributed by atoms with E-state index in [4.69, 9.17) is 8.39 Å². The Morgan fingerprint density at radius 2 is 1.31 bits per heavy atom. The van der Waals surface area contributed by atoms with E-state index in [2.05, 4.69) is 24.3 Å². The van der Waals surface area contributed by atoms with Gasteiger partial charge in [-0.2, -0.15) is 0 Å². The fourth-order valence-corrected chi connectivity index (χ4v) is 5.80. The minimum Gasteiger partial charge on any atom is -0.404 e. The summed E-state index contributed by atoms with van der Waals surface area (Å²) < 4.78 is 14.3. The fraction of sp³-hybridized carbons (Fsp3) is 0.120. The molecule has 158 valence electrons. The third-order valence-electron chi connectivity index (χ3n) is 5.95. The second-order valence-corrected chi connectivity index (χ2v) is 9.14. The SMILES string of the molecule is CC(=O)N1CCN(p2oc3ccc4ccccc4c3c3c(ccc4ccccc43)o2)C1=O. The first-order chi connectivity index (χ1) is 15.6. The van der Waals surface area contributed by atoms with Gasteiger partial charge in [0.1, 0.15) is 11.2 Å². The van der Waals surface area contributed by atoms with Gasteiger partial charge in [-0.05, 0) is 33.7 Å². The van der Waals surface area contributed by atoms with Crippen molar-refractivity contribution in [1.82, 2.24) is 4.90 Å². The highest BCUT2D eigenvalue weighted by Crippen LogP contribution is 2.42. The zero-order valence-electron chi connectivity index (χ0n) is 17.3. The summed E-state index contributed by atoms with van der Waals surface area (Å²) in [5, 5.41) is 6.21. The van der Waals surface area contributed by atoms with E-state index >= 15 is 0 Å². The summed E-state index contributed by atoms with van der Waals surface area (Å²) in [6.45, 7) is 2.09. The van der Waals surface area contributed by atoms with Gasteiger partial charge in [0.25, 0.3) is 0 Å². The number of nitrogens with zero attached hydrogens (tertiary/aromatic N) is 2. The quantitative estimate of drug-likeness (QED) is 0.297. The van der Waals surface area contributed by atoms with Crippen molar-refractivity contribution in [2.45, 2.75) is 6.92 Å². The van der Waals surface area contributed by atoms with Crippen molar-refractivity contribution in [3.05, 3.63) is 72.8 Å². The molecule has 0 atom stereocenters. The highest BCUT2D eigenvalue weighted by atomic mass is 31.1. The molecule has 2 heterocycles. The summed E-state index contributed by atoms with van der Waals surface area (Å²) in [4.78, 5) is 26.0. The molecular weight excluding hydrogens is 423 g/mol. The molecule has 0 spiro atoms. The van der Waals surface area contributed by atoms with Gasteiger partial charge in [0.2, 0.25) is 5.91 Å². The summed E-state index contributed by atoms with van der Waals surface area (Å²) in [6, 6.07) is 23.9. The van der Waals surface area contributed by atoms with E-state index in [-0.39, 0.29) is 11.9 Å². The highest BCUT2D eigenvalue weighted by molar-refractivity contribution is 7.40. The number of urea groups is 1. The smallest absolute Gasteiger partial charge is 0.345 e. The van der Waals surface area contributed by atoms with E-state index in [1.54, 1.807) is 0 Å². The molecule has 1 aliphatic heterocycles. The number of imide groups is 1. The maximum Gasteiger partial charge on any atom is 0.345 e. The Hall–Kier alpha value is -3.76. The minimum atomic E-state index is -1.78. The Kier molecular flexibility index (Phi) is 4.23. The molecule has 0 bridgehead atoms. The van der Waals surface area contributed by atoms with Gasteiger partial charge in [-0.25, -0.2) is 9.46 Å². The van der Waals surface area contributed by atoms with Gasteiger partial charge in [-0.3, -0.25) is 9.69 Å². The first-order valence-electron chi connectivity index (χ1n) is 10.4. The van der Waals surface area contributed by atoms with E-state index in [0.29, 0.717) is 24.3 Å². The summed E-state index contributed by atoms with van der Waals surface area (Å²) in [5.74, 6) is -0.278. The maximum atomic E-state index is 12.9. The predicted octanol–water partition coefficient (Wildman–Crippen LogP) is 6.52. The second-order valence-electron chi connectivity index (χ2n) is 7.82. The number of benzene rings is 4. The van der Waals surface area contributed by atoms with Gasteiger partial charge in [0.15, 0.2) is 0 Å². The standard InChI is InChI=1S/C25H19N2O4P/c1-16(28)26-14-15-27(25(26)29)32-30-21-12-10-17-6-2-4-8-19(17)23(21)24-20-9-5-3-7-18(20)11-13-22(24)31-32/h2-13H,14-15H2,1H3. The lowest BCUT2D eigenvalue weighted by atomic mass is 9.99. The van der Waals surface area contributed by atoms with Gasteiger partial charge in [0.05, 0.1) is 6.54 Å². The van der Waals surface area contributed by atoms with Crippen molar-refractivity contribution in [3.8, 4) is 0 Å². The number of hydrogen-bond donors (Lipinski definition) is 0. The molecule has 3 amide bonds. The zero-order valence-corrected chi connectivity index (χ0v) is 18.2. The molecule has 1 fully saturated rings. The molecule has 6 nitrogen and oxygen atoms in total. The molecule has 0 N–H and O–H groups in total. The van der Waals surface area contributed by atoms with Gasteiger partial charge >= 0.3 is 14.2 Å². The van der Waals surface area contributed by atoms with Crippen LogP contribution in [0.25, 0.3) is 43.5 Å². The van der Waals surface area contributed by atoms with Crippen LogP contribution in [0.4, 0.5) is 4.79 Å². The van der Waals surface area contributed by atoms with Crippen LogP contribution in [0.15, 0.2) is 81.2 Å². The van der Waals surface area contributed by atoms with Crippen LogP contribution in [0.2, 0.25) is 0 Å². The van der Waals surface area contributed by atoms with Crippen molar-refractivity contribution < 1.29 is 18.0 Å². The van der Waals surface area contributed by atoms with Crippen molar-refractivity contribution in [2.24, 2.45) is 0 Å². The highest BCUT2D eigenvalue weighted by Gasteiger charge is 2.35. The van der Waals surface area contributed by atoms with E-state index in [0.717, 1.165) is 32.3 Å². The van der Waals surface area contributed by atoms with Gasteiger partial charge in [0, 0.05) is 24.2 Å². The summed E-state index contributed by atoms with van der Waals surface area (Å²) in [7, 11) is -1.78. The molecule has 0 unspecified atom stereocenters. The van der Waals surface area contributed by atoms with Crippen LogP contribution in [0.3, 0.4) is 0 Å². The molecule has 0 radical (unpaired) electrons. The average Bonchev–Trinajstić information content (AvgIpc) is 3.11. The number of hydrogen-bond acceptors (Lipinski definition) is 4. The Labute approximate surface area is 184 Å². The number of carbonyl (C=O) groups is 2. The molecule has 6 rings (SSSR count). The van der Waals surface area contributed by atoms with Crippen molar-refractivity contribution in [2.75, 3.05) is 17.8 Å². The third-order valence-corrected chi connectivity index (χ3v) is 7.42. The van der Waals surface area contributed by atoms with Crippen molar-refractivity contribution in [1.29, 1.82) is 0 Å². The monoisotopic (exact) mass is 442 g/mol. The van der Waals surface area contributed by atoms with Crippen molar-refractivity contribution in [3.63, 3.8) is 0 Å². The molecule has 4 aromatic carbocycles. The summed E-state index contributed by atoms with van der Waals surface area (Å²) >= 11 is 0. The first-order valence-corrected chi connectivity index (χ1v) is 11.5. The van der Waals surface area contributed by atoms with Crippen LogP contribution < -0.4 is 4.67 Å². The summed E-state index contributed by atoms with van der Waals surface area (Å²) in [5.41, 5.74) is 1.33. The topological polar surface area (TPSA) is 66.9 Å². The van der Waals surface area contributed by atoms with E-state index in [1.165, 1.54) is 16.5 Å². The normalized spacial score (nSPS) is 14.2. The van der Waals surface area contributed by atoms with Crippen LogP contribution in [-0.4, -0.2) is 29.9 Å². The molecule has 1 aliphatic rings. The molecular formula is C25H19N2O4P. The zero-order chi connectivity index (χ0) is 21.8. The minimum absolute atomic E-state index is 0.278. The lowest BCUT2D eigenvalue weighted by molar-refractivity contribution is -0.125. The number of carbonyl (C=O) groups excluding carboxylic acids is 2. The average molecular weight is 442 g/mol. The van der Waals surface area contributed by atoms with Gasteiger partial charge in [-0.15, -0.1) is 0 Å². The van der Waals surface area contributed by atoms with E-state index in [1.807, 2.05) is 48.5 Å². The van der Waals surface area contributed by atoms with Crippen LogP contribution in [0, 0.1) is 0 Å². The van der Waals surface area contributed by atoms with Crippen LogP contribution >= 0.6 is 8.16 Å². The number of rotatable bonds is 1. The van der Waals surface area contributed by atoms with Crippen LogP contribution in [0.1, 0.15) is 6.92 Å². The van der Waals surface area contributed by atoms with Crippen LogP contribution in [-0.2, 0) is 4.79 Å². The molecule has 0 saturated carbocycles. The number of amides is 3. The van der Waals surface area contributed by atoms with Crippen molar-refractivity contribution >= 4 is 63.6 Å². The molecule has 7 heteroatoms. The molecule has 0 aliphatic carbocycles. The third kappa shape index (κ3) is 2.80. The fourth-order valence-electron chi connectivity index (χ4n) is 4.43. The number of fused-ring (bicyclic) bond motifs is 7. The summed E-state index contributed by atoms with van der Waals surface area (Å²) in [6.07, 6.45) is 0. The molecule has 1 aromatic heterocycles. The van der Waals surface area contributed by atoms with Gasteiger partial charge < -0.3 is 8.39 Å². The predicted molar refractivity (Wildman–Crippen MR) is 127 cm³/mol. The molecule has 5 aromatic rings. The van der Waals surface area contributed by atoms with E-state index in [9.17, 15) is 9.59 Å². The van der Waals surface area contributed by atoms with Gasteiger partial charge in [-0.1, -0.05) is 60.7 Å². The Bertz CT molecular complexity index is 1510. The Morgan fingerprint density at radius 3 is 1.81 bits per heavy atom. The molecule has 32 heavy (non-hydrogen) atoms. The Balaban J connectivity index is 1.77. The Morgan fingerprint density at radius 1 is 0.781 bits per heavy atom.